The topological polar surface area (TPSA) is 38.9 Å². The lowest BCUT2D eigenvalue weighted by Gasteiger charge is -2.12. The lowest BCUT2D eigenvalue weighted by molar-refractivity contribution is 0.620. The first-order chi connectivity index (χ1) is 9.44. The van der Waals surface area contributed by atoms with Gasteiger partial charge in [0.2, 0.25) is 0 Å². The summed E-state index contributed by atoms with van der Waals surface area (Å²) in [4.78, 5) is 5.52. The van der Waals surface area contributed by atoms with Crippen LogP contribution in [0.3, 0.4) is 0 Å². The number of hydrogen-bond acceptors (Lipinski definition) is 3. The van der Waals surface area contributed by atoms with E-state index in [-0.39, 0.29) is 11.9 Å². The van der Waals surface area contributed by atoms with Gasteiger partial charge < -0.3 is 5.73 Å². The fourth-order valence-electron chi connectivity index (χ4n) is 2.12. The lowest BCUT2D eigenvalue weighted by Crippen LogP contribution is -2.18. The molecule has 2 nitrogen and oxygen atoms in total. The second-order valence-electron chi connectivity index (χ2n) is 5.16. The van der Waals surface area contributed by atoms with E-state index in [1.807, 2.05) is 32.9 Å². The van der Waals surface area contributed by atoms with Crippen molar-refractivity contribution in [3.05, 3.63) is 53.0 Å². The third kappa shape index (κ3) is 4.05. The molecule has 0 aliphatic rings. The predicted octanol–water partition coefficient (Wildman–Crippen LogP) is 3.88. The molecular weight excluding hydrogens is 271 g/mol. The summed E-state index contributed by atoms with van der Waals surface area (Å²) in [7, 11) is 0. The molecule has 0 fully saturated rings. The fourth-order valence-corrected chi connectivity index (χ4v) is 3.19. The Morgan fingerprint density at radius 2 is 2.00 bits per heavy atom. The molecule has 1 aromatic heterocycles. The van der Waals surface area contributed by atoms with Crippen molar-refractivity contribution < 1.29 is 4.39 Å². The third-order valence-corrected chi connectivity index (χ3v) is 3.89. The van der Waals surface area contributed by atoms with E-state index in [2.05, 4.69) is 4.98 Å². The molecule has 1 aromatic carbocycles. The molecule has 0 aliphatic heterocycles. The minimum Gasteiger partial charge on any atom is -0.328 e. The van der Waals surface area contributed by atoms with Crippen molar-refractivity contribution in [2.45, 2.75) is 43.2 Å². The molecule has 0 saturated carbocycles. The Hall–Kier alpha value is -1.39. The van der Waals surface area contributed by atoms with E-state index in [9.17, 15) is 4.39 Å². The standard InChI is InChI=1S/C16H19FN2S/c1-10-6-12(3)19-16(7-10)20-15-5-4-14(17)9-13(15)8-11(2)18/h4-7,9,11H,8,18H2,1-3H3. The van der Waals surface area contributed by atoms with Gasteiger partial charge in [0.15, 0.2) is 0 Å². The zero-order chi connectivity index (χ0) is 14.7. The van der Waals surface area contributed by atoms with Gasteiger partial charge in [0.25, 0.3) is 0 Å². The molecule has 0 spiro atoms. The molecule has 1 heterocycles. The molecule has 20 heavy (non-hydrogen) atoms. The van der Waals surface area contributed by atoms with Crippen molar-refractivity contribution in [3.8, 4) is 0 Å². The number of nitrogens with two attached hydrogens (primary N) is 1. The molecule has 4 heteroatoms. The summed E-state index contributed by atoms with van der Waals surface area (Å²) in [6.07, 6.45) is 0.658. The highest BCUT2D eigenvalue weighted by Crippen LogP contribution is 2.31. The quantitative estimate of drug-likeness (QED) is 0.928. The van der Waals surface area contributed by atoms with Crippen LogP contribution in [-0.4, -0.2) is 11.0 Å². The van der Waals surface area contributed by atoms with Crippen LogP contribution in [0.4, 0.5) is 4.39 Å². The maximum atomic E-state index is 13.4. The van der Waals surface area contributed by atoms with Gasteiger partial charge in [-0.3, -0.25) is 0 Å². The van der Waals surface area contributed by atoms with Crippen LogP contribution in [0.25, 0.3) is 0 Å². The highest BCUT2D eigenvalue weighted by Gasteiger charge is 2.09. The molecule has 2 N–H and O–H groups in total. The first-order valence-electron chi connectivity index (χ1n) is 6.61. The summed E-state index contributed by atoms with van der Waals surface area (Å²) in [6.45, 7) is 5.95. The number of pyridine rings is 1. The van der Waals surface area contributed by atoms with Crippen molar-refractivity contribution in [3.63, 3.8) is 0 Å². The number of aromatic nitrogens is 1. The molecule has 106 valence electrons. The van der Waals surface area contributed by atoms with Gasteiger partial charge in [0.1, 0.15) is 10.8 Å². The van der Waals surface area contributed by atoms with Crippen LogP contribution in [0.2, 0.25) is 0 Å². The van der Waals surface area contributed by atoms with Crippen LogP contribution < -0.4 is 5.73 Å². The van der Waals surface area contributed by atoms with E-state index in [1.54, 1.807) is 23.9 Å². The van der Waals surface area contributed by atoms with E-state index in [0.717, 1.165) is 21.2 Å². The van der Waals surface area contributed by atoms with Crippen LogP contribution >= 0.6 is 11.8 Å². The Morgan fingerprint density at radius 3 is 2.65 bits per heavy atom. The Balaban J connectivity index is 2.32. The van der Waals surface area contributed by atoms with Gasteiger partial charge in [-0.05, 0) is 68.7 Å². The molecule has 0 radical (unpaired) electrons. The van der Waals surface area contributed by atoms with Gasteiger partial charge in [0.05, 0.1) is 0 Å². The molecule has 2 aromatic rings. The summed E-state index contributed by atoms with van der Waals surface area (Å²) < 4.78 is 13.4. The summed E-state index contributed by atoms with van der Waals surface area (Å²) in [6, 6.07) is 8.93. The third-order valence-electron chi connectivity index (χ3n) is 2.85. The fraction of sp³-hybridized carbons (Fsp3) is 0.312. The van der Waals surface area contributed by atoms with Crippen LogP contribution in [-0.2, 0) is 6.42 Å². The number of hydrogen-bond donors (Lipinski definition) is 1. The molecule has 0 aliphatic carbocycles. The van der Waals surface area contributed by atoms with E-state index >= 15 is 0 Å². The summed E-state index contributed by atoms with van der Waals surface area (Å²) >= 11 is 1.56. The molecular formula is C16H19FN2S. The van der Waals surface area contributed by atoms with E-state index in [4.69, 9.17) is 5.73 Å². The Bertz CT molecular complexity index is 591. The maximum absolute atomic E-state index is 13.4. The Morgan fingerprint density at radius 1 is 1.25 bits per heavy atom. The number of nitrogens with zero attached hydrogens (tertiary/aromatic N) is 1. The lowest BCUT2D eigenvalue weighted by atomic mass is 10.1. The van der Waals surface area contributed by atoms with Crippen LogP contribution in [0, 0.1) is 19.7 Å². The number of benzene rings is 1. The number of aryl methyl sites for hydroxylation is 2. The predicted molar refractivity (Wildman–Crippen MR) is 81.6 cm³/mol. The van der Waals surface area contributed by atoms with Gasteiger partial charge in [0, 0.05) is 16.6 Å². The summed E-state index contributed by atoms with van der Waals surface area (Å²) in [5, 5.41) is 0.931. The van der Waals surface area contributed by atoms with E-state index in [0.29, 0.717) is 6.42 Å². The molecule has 1 unspecified atom stereocenters. The van der Waals surface area contributed by atoms with Crippen molar-refractivity contribution in [2.24, 2.45) is 5.73 Å². The first-order valence-corrected chi connectivity index (χ1v) is 7.43. The summed E-state index contributed by atoms with van der Waals surface area (Å²) in [5.74, 6) is -0.224. The second-order valence-corrected chi connectivity index (χ2v) is 6.22. The van der Waals surface area contributed by atoms with Crippen LogP contribution in [0.1, 0.15) is 23.7 Å². The Kier molecular flexibility index (Phi) is 4.78. The van der Waals surface area contributed by atoms with Crippen LogP contribution in [0.5, 0.6) is 0 Å². The normalized spacial score (nSPS) is 12.4. The number of halogens is 1. The van der Waals surface area contributed by atoms with E-state index in [1.165, 1.54) is 11.6 Å². The first kappa shape index (κ1) is 15.0. The average Bonchev–Trinajstić information content (AvgIpc) is 2.30. The van der Waals surface area contributed by atoms with Gasteiger partial charge >= 0.3 is 0 Å². The van der Waals surface area contributed by atoms with Gasteiger partial charge in [-0.25, -0.2) is 9.37 Å². The van der Waals surface area contributed by atoms with Crippen molar-refractivity contribution in [1.82, 2.24) is 4.98 Å². The molecule has 0 bridgehead atoms. The molecule has 0 saturated heterocycles. The van der Waals surface area contributed by atoms with Crippen molar-refractivity contribution in [2.75, 3.05) is 0 Å². The minimum absolute atomic E-state index is 0.00311. The van der Waals surface area contributed by atoms with Gasteiger partial charge in [-0.2, -0.15) is 0 Å². The zero-order valence-corrected chi connectivity index (χ0v) is 12.8. The average molecular weight is 290 g/mol. The SMILES string of the molecule is Cc1cc(C)nc(Sc2ccc(F)cc2CC(C)N)c1. The zero-order valence-electron chi connectivity index (χ0n) is 12.0. The molecule has 2 rings (SSSR count). The molecule has 0 amide bonds. The van der Waals surface area contributed by atoms with Gasteiger partial charge in [-0.1, -0.05) is 11.8 Å². The smallest absolute Gasteiger partial charge is 0.123 e. The highest BCUT2D eigenvalue weighted by molar-refractivity contribution is 7.99. The summed E-state index contributed by atoms with van der Waals surface area (Å²) in [5.41, 5.74) is 8.94. The maximum Gasteiger partial charge on any atom is 0.123 e. The largest absolute Gasteiger partial charge is 0.328 e. The van der Waals surface area contributed by atoms with Crippen LogP contribution in [0.15, 0.2) is 40.3 Å². The Labute approximate surface area is 123 Å². The highest BCUT2D eigenvalue weighted by atomic mass is 32.2. The number of rotatable bonds is 4. The van der Waals surface area contributed by atoms with E-state index < -0.39 is 0 Å². The monoisotopic (exact) mass is 290 g/mol. The van der Waals surface area contributed by atoms with Crippen molar-refractivity contribution >= 4 is 11.8 Å². The van der Waals surface area contributed by atoms with Crippen molar-refractivity contribution in [1.29, 1.82) is 0 Å². The minimum atomic E-state index is -0.224. The second kappa shape index (κ2) is 6.37. The van der Waals surface area contributed by atoms with Gasteiger partial charge in [-0.15, -0.1) is 0 Å². The molecule has 1 atom stereocenters.